The number of nitrogens with zero attached hydrogens (tertiary/aromatic N) is 2. The van der Waals surface area contributed by atoms with E-state index in [1.807, 2.05) is 48.0 Å². The van der Waals surface area contributed by atoms with Crippen LogP contribution in [0.5, 0.6) is 0 Å². The quantitative estimate of drug-likeness (QED) is 0.219. The van der Waals surface area contributed by atoms with Crippen molar-refractivity contribution < 1.29 is 4.39 Å². The molecule has 0 saturated heterocycles. The molecule has 4 aromatic carbocycles. The van der Waals surface area contributed by atoms with E-state index in [-0.39, 0.29) is 5.82 Å². The first-order chi connectivity index (χ1) is 17.7. The maximum absolute atomic E-state index is 13.2. The van der Waals surface area contributed by atoms with Gasteiger partial charge in [0.25, 0.3) is 0 Å². The number of imidazole rings is 1. The summed E-state index contributed by atoms with van der Waals surface area (Å²) >= 11 is 0. The summed E-state index contributed by atoms with van der Waals surface area (Å²) in [7, 11) is 5.63. The number of aromatic nitrogens is 2. The van der Waals surface area contributed by atoms with Crippen LogP contribution in [0, 0.1) is 12.7 Å². The second-order valence-electron chi connectivity index (χ2n) is 8.75. The Hall–Kier alpha value is -3.92. The van der Waals surface area contributed by atoms with Gasteiger partial charge in [-0.05, 0) is 48.2 Å². The van der Waals surface area contributed by atoms with Gasteiger partial charge < -0.3 is 0 Å². The molecule has 4 heteroatoms. The average Bonchev–Trinajstić information content (AvgIpc) is 3.41. The highest BCUT2D eigenvalue weighted by molar-refractivity contribution is 6.08. The largest absolute Gasteiger partial charge is 0.299 e. The van der Waals surface area contributed by atoms with Gasteiger partial charge in [-0.25, -0.2) is 9.37 Å². The van der Waals surface area contributed by atoms with Crippen molar-refractivity contribution in [2.24, 2.45) is 0 Å². The fraction of sp³-hybridized carbons (Fsp3) is 0.156. The highest BCUT2D eigenvalue weighted by Gasteiger charge is 2.12. The summed E-state index contributed by atoms with van der Waals surface area (Å²) < 4.78 is 15.2. The molecule has 0 spiro atoms. The van der Waals surface area contributed by atoms with E-state index in [4.69, 9.17) is 7.85 Å². The molecule has 0 atom stereocenters. The number of benzene rings is 4. The van der Waals surface area contributed by atoms with Crippen molar-refractivity contribution in [3.8, 4) is 16.9 Å². The zero-order valence-corrected chi connectivity index (χ0v) is 20.6. The molecule has 5 rings (SSSR count). The summed E-state index contributed by atoms with van der Waals surface area (Å²) in [6.45, 7) is 1.90. The highest BCUT2D eigenvalue weighted by Crippen LogP contribution is 2.29. The molecule has 178 valence electrons. The molecule has 0 aliphatic heterocycles. The van der Waals surface area contributed by atoms with E-state index in [2.05, 4.69) is 65.6 Å². The van der Waals surface area contributed by atoms with Gasteiger partial charge in [0.05, 0.1) is 31.8 Å². The predicted octanol–water partition coefficient (Wildman–Crippen LogP) is 8.17. The Morgan fingerprint density at radius 2 is 1.39 bits per heavy atom. The van der Waals surface area contributed by atoms with Gasteiger partial charge in [-0.3, -0.25) is 4.57 Å². The molecule has 0 amide bonds. The van der Waals surface area contributed by atoms with Crippen LogP contribution in [0.2, 0.25) is 6.32 Å². The lowest BCUT2D eigenvalue weighted by atomic mass is 9.85. The van der Waals surface area contributed by atoms with E-state index in [0.29, 0.717) is 5.92 Å². The third-order valence-corrected chi connectivity index (χ3v) is 6.23. The van der Waals surface area contributed by atoms with Gasteiger partial charge in [0.1, 0.15) is 5.82 Å². The Bertz CT molecular complexity index is 1300. The second-order valence-corrected chi connectivity index (χ2v) is 8.75. The number of aryl methyl sites for hydroxylation is 1. The van der Waals surface area contributed by atoms with Gasteiger partial charge in [0, 0.05) is 11.5 Å². The Morgan fingerprint density at radius 1 is 0.806 bits per heavy atom. The highest BCUT2D eigenvalue weighted by atomic mass is 19.1. The standard InChI is InChI=1S/C16H17B.C16H13FN2/c17-13-7-12-16(14-8-3-1-4-9-14)15-10-5-2-6-11-15;1-12-9-14(17)7-8-15(12)19-11-18-10-16(19)13-5-3-2-4-6-13/h1-6,8-11,16H,7,12-13H2;2-11H,1H3. The maximum Gasteiger partial charge on any atom is 0.123 e. The van der Waals surface area contributed by atoms with Crippen LogP contribution in [0.4, 0.5) is 4.39 Å². The molecular formula is C32H30BFN2. The Labute approximate surface area is 214 Å². The van der Waals surface area contributed by atoms with Crippen LogP contribution in [0.15, 0.2) is 122 Å². The lowest BCUT2D eigenvalue weighted by Gasteiger charge is -2.17. The molecule has 2 nitrogen and oxygen atoms in total. The second kappa shape index (κ2) is 12.7. The zero-order valence-electron chi connectivity index (χ0n) is 20.6. The van der Waals surface area contributed by atoms with Gasteiger partial charge >= 0.3 is 0 Å². The van der Waals surface area contributed by atoms with Gasteiger partial charge in [-0.1, -0.05) is 104 Å². The van der Waals surface area contributed by atoms with E-state index < -0.39 is 0 Å². The molecule has 0 unspecified atom stereocenters. The third-order valence-electron chi connectivity index (χ3n) is 6.23. The van der Waals surface area contributed by atoms with E-state index in [0.717, 1.165) is 41.7 Å². The molecule has 1 aromatic heterocycles. The van der Waals surface area contributed by atoms with Crippen molar-refractivity contribution in [2.45, 2.75) is 32.0 Å². The number of hydrogen-bond donors (Lipinski definition) is 0. The minimum atomic E-state index is -0.220. The van der Waals surface area contributed by atoms with Crippen LogP contribution in [0.25, 0.3) is 16.9 Å². The first kappa shape index (κ1) is 25.2. The van der Waals surface area contributed by atoms with Crippen LogP contribution >= 0.6 is 0 Å². The van der Waals surface area contributed by atoms with Crippen molar-refractivity contribution in [3.05, 3.63) is 144 Å². The minimum Gasteiger partial charge on any atom is -0.299 e. The van der Waals surface area contributed by atoms with Crippen molar-refractivity contribution in [1.29, 1.82) is 0 Å². The monoisotopic (exact) mass is 472 g/mol. The maximum atomic E-state index is 13.2. The molecule has 0 bridgehead atoms. The van der Waals surface area contributed by atoms with Gasteiger partial charge in [-0.2, -0.15) is 0 Å². The van der Waals surface area contributed by atoms with Crippen molar-refractivity contribution in [2.75, 3.05) is 0 Å². The van der Waals surface area contributed by atoms with Crippen LogP contribution < -0.4 is 0 Å². The molecule has 36 heavy (non-hydrogen) atoms. The SMILES string of the molecule is Cc1cc(F)ccc1-n1cncc1-c1ccccc1.[B]CCCC(c1ccccc1)c1ccccc1. The number of hydrogen-bond acceptors (Lipinski definition) is 1. The summed E-state index contributed by atoms with van der Waals surface area (Å²) in [6, 6.07) is 36.2. The summed E-state index contributed by atoms with van der Waals surface area (Å²) in [5, 5.41) is 0. The first-order valence-electron chi connectivity index (χ1n) is 12.3. The summed E-state index contributed by atoms with van der Waals surface area (Å²) in [6.07, 6.45) is 6.51. The van der Waals surface area contributed by atoms with Crippen molar-refractivity contribution >= 4 is 7.85 Å². The van der Waals surface area contributed by atoms with Crippen molar-refractivity contribution in [3.63, 3.8) is 0 Å². The zero-order chi connectivity index (χ0) is 25.2. The van der Waals surface area contributed by atoms with Crippen LogP contribution in [-0.2, 0) is 0 Å². The van der Waals surface area contributed by atoms with Gasteiger partial charge in [0.15, 0.2) is 0 Å². The predicted molar refractivity (Wildman–Crippen MR) is 148 cm³/mol. The fourth-order valence-electron chi connectivity index (χ4n) is 4.42. The fourth-order valence-corrected chi connectivity index (χ4v) is 4.42. The number of rotatable bonds is 7. The van der Waals surface area contributed by atoms with E-state index in [1.165, 1.54) is 23.3 Å². The van der Waals surface area contributed by atoms with Crippen molar-refractivity contribution in [1.82, 2.24) is 9.55 Å². The molecule has 0 N–H and O–H groups in total. The van der Waals surface area contributed by atoms with Crippen LogP contribution in [-0.4, -0.2) is 17.4 Å². The lowest BCUT2D eigenvalue weighted by Crippen LogP contribution is -2.00. The van der Waals surface area contributed by atoms with Gasteiger partial charge in [-0.15, -0.1) is 0 Å². The molecule has 0 saturated carbocycles. The average molecular weight is 472 g/mol. The summed E-state index contributed by atoms with van der Waals surface area (Å²) in [5.41, 5.74) is 6.67. The normalized spacial score (nSPS) is 10.6. The molecule has 0 fully saturated rings. The summed E-state index contributed by atoms with van der Waals surface area (Å²) in [4.78, 5) is 4.21. The molecular weight excluding hydrogens is 442 g/mol. The van der Waals surface area contributed by atoms with Gasteiger partial charge in [0.2, 0.25) is 0 Å². The molecule has 5 aromatic rings. The van der Waals surface area contributed by atoms with E-state index >= 15 is 0 Å². The third kappa shape index (κ3) is 6.39. The number of halogens is 1. The lowest BCUT2D eigenvalue weighted by molar-refractivity contribution is 0.626. The molecule has 1 heterocycles. The van der Waals surface area contributed by atoms with E-state index in [9.17, 15) is 4.39 Å². The Morgan fingerprint density at radius 3 is 1.94 bits per heavy atom. The van der Waals surface area contributed by atoms with E-state index in [1.54, 1.807) is 12.4 Å². The Balaban J connectivity index is 0.000000170. The minimum absolute atomic E-state index is 0.220. The summed E-state index contributed by atoms with van der Waals surface area (Å²) in [5.74, 6) is 0.253. The molecule has 2 radical (unpaired) electrons. The topological polar surface area (TPSA) is 17.8 Å². The Kier molecular flexibility index (Phi) is 8.88. The first-order valence-corrected chi connectivity index (χ1v) is 12.3. The van der Waals surface area contributed by atoms with Crippen LogP contribution in [0.1, 0.15) is 35.4 Å². The smallest absolute Gasteiger partial charge is 0.123 e. The molecule has 0 aliphatic carbocycles. The molecule has 0 aliphatic rings. The van der Waals surface area contributed by atoms with Crippen LogP contribution in [0.3, 0.4) is 0 Å².